The van der Waals surface area contributed by atoms with Gasteiger partial charge < -0.3 is 0 Å². The van der Waals surface area contributed by atoms with Crippen molar-refractivity contribution in [2.75, 3.05) is 6.54 Å². The van der Waals surface area contributed by atoms with Crippen LogP contribution in [-0.4, -0.2) is 19.9 Å². The SMILES string of the molecule is C#CCNS(=O)(=O)c1cccc2cccnc12. The van der Waals surface area contributed by atoms with Gasteiger partial charge in [0.15, 0.2) is 0 Å². The normalized spacial score (nSPS) is 11.2. The van der Waals surface area contributed by atoms with Gasteiger partial charge in [-0.15, -0.1) is 6.42 Å². The van der Waals surface area contributed by atoms with Crippen molar-refractivity contribution in [2.24, 2.45) is 0 Å². The smallest absolute Gasteiger partial charge is 0.243 e. The lowest BCUT2D eigenvalue weighted by Crippen LogP contribution is -2.24. The third kappa shape index (κ3) is 2.28. The van der Waals surface area contributed by atoms with Gasteiger partial charge in [0.05, 0.1) is 12.1 Å². The zero-order valence-corrected chi connectivity index (χ0v) is 9.74. The Hall–Kier alpha value is -1.90. The molecule has 0 bridgehead atoms. The lowest BCUT2D eigenvalue weighted by Gasteiger charge is -2.06. The number of fused-ring (bicyclic) bond motifs is 1. The molecule has 0 saturated heterocycles. The molecule has 0 radical (unpaired) electrons. The Bertz CT molecular complexity index is 682. The van der Waals surface area contributed by atoms with Crippen molar-refractivity contribution in [3.05, 3.63) is 36.5 Å². The summed E-state index contributed by atoms with van der Waals surface area (Å²) in [5.74, 6) is 2.23. The van der Waals surface area contributed by atoms with Crippen LogP contribution in [0.15, 0.2) is 41.4 Å². The van der Waals surface area contributed by atoms with E-state index in [9.17, 15) is 8.42 Å². The molecule has 86 valence electrons. The fourth-order valence-corrected chi connectivity index (χ4v) is 2.62. The first kappa shape index (κ1) is 11.6. The molecule has 0 fully saturated rings. The molecule has 0 spiro atoms. The van der Waals surface area contributed by atoms with Crippen LogP contribution >= 0.6 is 0 Å². The third-order valence-electron chi connectivity index (χ3n) is 2.25. The second-order valence-corrected chi connectivity index (χ2v) is 5.10. The minimum Gasteiger partial charge on any atom is -0.255 e. The zero-order valence-electron chi connectivity index (χ0n) is 8.92. The summed E-state index contributed by atoms with van der Waals surface area (Å²) in [6.07, 6.45) is 6.59. The summed E-state index contributed by atoms with van der Waals surface area (Å²) < 4.78 is 26.2. The van der Waals surface area contributed by atoms with Gasteiger partial charge in [-0.2, -0.15) is 4.72 Å². The fourth-order valence-electron chi connectivity index (χ4n) is 1.51. The Balaban J connectivity index is 2.60. The summed E-state index contributed by atoms with van der Waals surface area (Å²) in [6.45, 7) is -0.0362. The van der Waals surface area contributed by atoms with Crippen LogP contribution in [0.5, 0.6) is 0 Å². The van der Waals surface area contributed by atoms with Crippen LogP contribution in [0.3, 0.4) is 0 Å². The first-order valence-electron chi connectivity index (χ1n) is 4.92. The monoisotopic (exact) mass is 246 g/mol. The van der Waals surface area contributed by atoms with Crippen molar-refractivity contribution in [3.63, 3.8) is 0 Å². The van der Waals surface area contributed by atoms with Crippen molar-refractivity contribution < 1.29 is 8.42 Å². The van der Waals surface area contributed by atoms with Crippen LogP contribution in [0.1, 0.15) is 0 Å². The number of terminal acetylenes is 1. The van der Waals surface area contributed by atoms with Gasteiger partial charge in [0, 0.05) is 11.6 Å². The molecule has 0 amide bonds. The van der Waals surface area contributed by atoms with E-state index in [0.29, 0.717) is 5.52 Å². The van der Waals surface area contributed by atoms with E-state index in [-0.39, 0.29) is 11.4 Å². The maximum atomic E-state index is 12.0. The Morgan fingerprint density at radius 2 is 2.06 bits per heavy atom. The van der Waals surface area contributed by atoms with Crippen molar-refractivity contribution in [1.82, 2.24) is 9.71 Å². The zero-order chi connectivity index (χ0) is 12.3. The van der Waals surface area contributed by atoms with E-state index in [1.807, 2.05) is 12.1 Å². The van der Waals surface area contributed by atoms with Gasteiger partial charge in [-0.05, 0) is 12.1 Å². The molecule has 5 heteroatoms. The Kier molecular flexibility index (Phi) is 3.09. The number of benzene rings is 1. The maximum absolute atomic E-state index is 12.0. The molecule has 1 aromatic heterocycles. The summed E-state index contributed by atoms with van der Waals surface area (Å²) in [5, 5.41) is 0.774. The van der Waals surface area contributed by atoms with Crippen molar-refractivity contribution in [1.29, 1.82) is 0 Å². The van der Waals surface area contributed by atoms with Crippen molar-refractivity contribution in [3.8, 4) is 12.3 Å². The molecule has 0 aliphatic rings. The minimum absolute atomic E-state index is 0.0362. The van der Waals surface area contributed by atoms with E-state index in [4.69, 9.17) is 6.42 Å². The molecule has 17 heavy (non-hydrogen) atoms. The standard InChI is InChI=1S/C12H10N2O2S/c1-2-8-14-17(15,16)11-7-3-5-10-6-4-9-13-12(10)11/h1,3-7,9,14H,8H2. The van der Waals surface area contributed by atoms with Crippen LogP contribution in [0, 0.1) is 12.3 Å². The first-order chi connectivity index (χ1) is 8.15. The number of para-hydroxylation sites is 1. The molecule has 0 unspecified atom stereocenters. The van der Waals surface area contributed by atoms with Crippen LogP contribution < -0.4 is 4.72 Å². The average Bonchev–Trinajstić information content (AvgIpc) is 2.36. The number of nitrogens with zero attached hydrogens (tertiary/aromatic N) is 1. The van der Waals surface area contributed by atoms with Crippen LogP contribution in [0.25, 0.3) is 10.9 Å². The van der Waals surface area contributed by atoms with Crippen LogP contribution in [-0.2, 0) is 10.0 Å². The van der Waals surface area contributed by atoms with Crippen molar-refractivity contribution in [2.45, 2.75) is 4.90 Å². The highest BCUT2D eigenvalue weighted by molar-refractivity contribution is 7.89. The topological polar surface area (TPSA) is 59.1 Å². The molecule has 0 atom stereocenters. The average molecular weight is 246 g/mol. The van der Waals surface area contributed by atoms with Gasteiger partial charge in [0.2, 0.25) is 10.0 Å². The largest absolute Gasteiger partial charge is 0.255 e. The molecular formula is C12H10N2O2S. The molecule has 4 nitrogen and oxygen atoms in total. The summed E-state index contributed by atoms with van der Waals surface area (Å²) in [6, 6.07) is 8.56. The molecule has 2 aromatic rings. The first-order valence-corrected chi connectivity index (χ1v) is 6.40. The van der Waals surface area contributed by atoms with E-state index in [0.717, 1.165) is 5.39 Å². The van der Waals surface area contributed by atoms with Crippen LogP contribution in [0.2, 0.25) is 0 Å². The summed E-state index contributed by atoms with van der Waals surface area (Å²) >= 11 is 0. The van der Waals surface area contributed by atoms with Gasteiger partial charge in [0.25, 0.3) is 0 Å². The predicted octanol–water partition coefficient (Wildman–Crippen LogP) is 1.15. The molecule has 2 rings (SSSR count). The predicted molar refractivity (Wildman–Crippen MR) is 65.8 cm³/mol. The van der Waals surface area contributed by atoms with E-state index in [2.05, 4.69) is 15.6 Å². The number of aromatic nitrogens is 1. The van der Waals surface area contributed by atoms with E-state index in [1.165, 1.54) is 6.07 Å². The molecule has 1 heterocycles. The third-order valence-corrected chi connectivity index (χ3v) is 3.68. The second-order valence-electron chi connectivity index (χ2n) is 3.36. The molecular weight excluding hydrogens is 236 g/mol. The van der Waals surface area contributed by atoms with Crippen molar-refractivity contribution >= 4 is 20.9 Å². The van der Waals surface area contributed by atoms with E-state index in [1.54, 1.807) is 18.3 Å². The molecule has 0 aliphatic heterocycles. The Morgan fingerprint density at radius 1 is 1.29 bits per heavy atom. The number of hydrogen-bond acceptors (Lipinski definition) is 3. The summed E-state index contributed by atoms with van der Waals surface area (Å²) in [5.41, 5.74) is 0.444. The highest BCUT2D eigenvalue weighted by atomic mass is 32.2. The summed E-state index contributed by atoms with van der Waals surface area (Å²) in [4.78, 5) is 4.23. The molecule has 0 saturated carbocycles. The molecule has 1 aromatic carbocycles. The van der Waals surface area contributed by atoms with Crippen LogP contribution in [0.4, 0.5) is 0 Å². The quantitative estimate of drug-likeness (QED) is 0.826. The van der Waals surface area contributed by atoms with Gasteiger partial charge in [-0.3, -0.25) is 4.98 Å². The minimum atomic E-state index is -3.60. The van der Waals surface area contributed by atoms with Gasteiger partial charge in [-0.1, -0.05) is 24.1 Å². The van der Waals surface area contributed by atoms with Gasteiger partial charge in [-0.25, -0.2) is 8.42 Å². The lowest BCUT2D eigenvalue weighted by molar-refractivity contribution is 0.587. The van der Waals surface area contributed by atoms with Gasteiger partial charge in [0.1, 0.15) is 4.90 Å². The number of sulfonamides is 1. The highest BCUT2D eigenvalue weighted by Crippen LogP contribution is 2.19. The van der Waals surface area contributed by atoms with E-state index >= 15 is 0 Å². The highest BCUT2D eigenvalue weighted by Gasteiger charge is 2.16. The number of pyridine rings is 1. The number of hydrogen-bond donors (Lipinski definition) is 1. The molecule has 0 aliphatic carbocycles. The Labute approximate surface area is 99.7 Å². The molecule has 1 N–H and O–H groups in total. The maximum Gasteiger partial charge on any atom is 0.243 e. The fraction of sp³-hybridized carbons (Fsp3) is 0.0833. The number of rotatable bonds is 3. The number of nitrogens with one attached hydrogen (secondary N) is 1. The lowest BCUT2D eigenvalue weighted by atomic mass is 10.2. The Morgan fingerprint density at radius 3 is 2.82 bits per heavy atom. The van der Waals surface area contributed by atoms with E-state index < -0.39 is 10.0 Å². The van der Waals surface area contributed by atoms with Gasteiger partial charge >= 0.3 is 0 Å². The second kappa shape index (κ2) is 4.53. The summed E-state index contributed by atoms with van der Waals surface area (Å²) in [7, 11) is -3.60.